The molecule has 4 heteroatoms. The standard InChI is InChI=1S/C64H38B2N2/c1-5-17-39(18-6-1)43-33-49-47-31-29-41-36-54-62-48(50-34-44(40-19-7-2-8-20-40)38-58-64(50)66(54)52-26-14-16-28-56(52)68(58)46-23-11-4-12-24-46)32-30-42-35-53(61(47)59(41)60(42)62)65-51-25-13-15-27-55(51)67(57(37-43)63(49)65)45-21-9-3-10-22-45/h1-38H. The van der Waals surface area contributed by atoms with Gasteiger partial charge in [0.15, 0.2) is 0 Å². The summed E-state index contributed by atoms with van der Waals surface area (Å²) < 4.78 is 0. The predicted octanol–water partition coefficient (Wildman–Crippen LogP) is 12.5. The molecule has 0 aromatic heterocycles. The maximum absolute atomic E-state index is 2.58. The molecule has 4 heterocycles. The van der Waals surface area contributed by atoms with E-state index < -0.39 is 0 Å². The van der Waals surface area contributed by atoms with E-state index in [0.29, 0.717) is 0 Å². The van der Waals surface area contributed by atoms with E-state index in [0.717, 1.165) is 0 Å². The molecule has 0 radical (unpaired) electrons. The molecule has 0 N–H and O–H groups in total. The predicted molar refractivity (Wildman–Crippen MR) is 291 cm³/mol. The van der Waals surface area contributed by atoms with E-state index in [-0.39, 0.29) is 13.4 Å². The smallest absolute Gasteiger partial charge is 0.248 e. The number of rotatable bonds is 4. The summed E-state index contributed by atoms with van der Waals surface area (Å²) in [6.45, 7) is 0.112. The molecule has 0 saturated heterocycles. The van der Waals surface area contributed by atoms with Crippen molar-refractivity contribution >= 4 is 113 Å². The molecule has 4 aliphatic rings. The van der Waals surface area contributed by atoms with Crippen LogP contribution < -0.4 is 42.6 Å². The number of fused-ring (bicyclic) bond motifs is 8. The fourth-order valence-electron chi connectivity index (χ4n) is 13.1. The van der Waals surface area contributed by atoms with E-state index in [9.17, 15) is 0 Å². The monoisotopic (exact) mass is 856 g/mol. The first-order valence-electron chi connectivity index (χ1n) is 23.9. The number of anilines is 6. The van der Waals surface area contributed by atoms with Crippen molar-refractivity contribution in [2.24, 2.45) is 0 Å². The van der Waals surface area contributed by atoms with Gasteiger partial charge in [-0.3, -0.25) is 0 Å². The first kappa shape index (κ1) is 36.6. The van der Waals surface area contributed by atoms with Crippen molar-refractivity contribution < 1.29 is 0 Å². The molecule has 0 aliphatic carbocycles. The quantitative estimate of drug-likeness (QED) is 0.129. The minimum absolute atomic E-state index is 0.0560. The van der Waals surface area contributed by atoms with Crippen LogP contribution in [0.1, 0.15) is 0 Å². The van der Waals surface area contributed by atoms with Crippen LogP contribution in [0.5, 0.6) is 0 Å². The third-order valence-electron chi connectivity index (χ3n) is 15.7. The molecule has 68 heavy (non-hydrogen) atoms. The van der Waals surface area contributed by atoms with Crippen molar-refractivity contribution in [3.05, 3.63) is 231 Å². The maximum Gasteiger partial charge on any atom is 0.248 e. The summed E-state index contributed by atoms with van der Waals surface area (Å²) in [6.07, 6.45) is 0. The Morgan fingerprint density at radius 2 is 0.632 bits per heavy atom. The van der Waals surface area contributed by atoms with Crippen molar-refractivity contribution in [2.75, 3.05) is 9.80 Å². The topological polar surface area (TPSA) is 6.48 Å². The Kier molecular flexibility index (Phi) is 7.27. The lowest BCUT2D eigenvalue weighted by Gasteiger charge is -2.42. The lowest BCUT2D eigenvalue weighted by molar-refractivity contribution is 1.29. The van der Waals surface area contributed by atoms with Crippen LogP contribution in [0.25, 0.3) is 76.8 Å². The molecule has 0 spiro atoms. The van der Waals surface area contributed by atoms with Crippen molar-refractivity contribution in [1.82, 2.24) is 0 Å². The highest BCUT2D eigenvalue weighted by Crippen LogP contribution is 2.50. The molecule has 12 aromatic rings. The second-order valence-electron chi connectivity index (χ2n) is 19.1. The van der Waals surface area contributed by atoms with Crippen LogP contribution in [0.2, 0.25) is 0 Å². The minimum Gasteiger partial charge on any atom is -0.311 e. The maximum atomic E-state index is 2.58. The first-order chi connectivity index (χ1) is 33.8. The van der Waals surface area contributed by atoms with Gasteiger partial charge < -0.3 is 9.80 Å². The lowest BCUT2D eigenvalue weighted by atomic mass is 9.31. The zero-order valence-corrected chi connectivity index (χ0v) is 37.0. The highest BCUT2D eigenvalue weighted by molar-refractivity contribution is 7.02. The second kappa shape index (κ2) is 13.5. The van der Waals surface area contributed by atoms with E-state index >= 15 is 0 Å². The zero-order chi connectivity index (χ0) is 44.2. The third kappa shape index (κ3) is 4.78. The van der Waals surface area contributed by atoms with Crippen LogP contribution in [0, 0.1) is 0 Å². The van der Waals surface area contributed by atoms with Gasteiger partial charge in [0.05, 0.1) is 0 Å². The highest BCUT2D eigenvalue weighted by Gasteiger charge is 2.45. The molecule has 0 fully saturated rings. The van der Waals surface area contributed by atoms with Crippen molar-refractivity contribution in [1.29, 1.82) is 0 Å². The summed E-state index contributed by atoms with van der Waals surface area (Å²) in [5.41, 5.74) is 25.8. The summed E-state index contributed by atoms with van der Waals surface area (Å²) in [7, 11) is 0. The van der Waals surface area contributed by atoms with Crippen LogP contribution in [0.3, 0.4) is 0 Å². The number of nitrogens with zero attached hydrogens (tertiary/aromatic N) is 2. The summed E-state index contributed by atoms with van der Waals surface area (Å²) in [5.74, 6) is 0. The van der Waals surface area contributed by atoms with Crippen molar-refractivity contribution in [3.8, 4) is 44.5 Å². The Morgan fingerprint density at radius 3 is 1.06 bits per heavy atom. The van der Waals surface area contributed by atoms with Gasteiger partial charge in [0.25, 0.3) is 0 Å². The Hall–Kier alpha value is -8.59. The first-order valence-corrected chi connectivity index (χ1v) is 23.9. The van der Waals surface area contributed by atoms with Gasteiger partial charge in [-0.25, -0.2) is 0 Å². The van der Waals surface area contributed by atoms with Crippen molar-refractivity contribution in [3.63, 3.8) is 0 Å². The Balaban J connectivity index is 1.03. The Bertz CT molecular complexity index is 3830. The van der Waals surface area contributed by atoms with Crippen LogP contribution in [0.4, 0.5) is 34.1 Å². The summed E-state index contributed by atoms with van der Waals surface area (Å²) >= 11 is 0. The fourth-order valence-corrected chi connectivity index (χ4v) is 13.1. The minimum atomic E-state index is 0.0560. The molecule has 2 nitrogen and oxygen atoms in total. The molecule has 16 rings (SSSR count). The van der Waals surface area contributed by atoms with Crippen LogP contribution in [-0.4, -0.2) is 13.4 Å². The van der Waals surface area contributed by atoms with E-state index in [1.807, 2.05) is 0 Å². The van der Waals surface area contributed by atoms with Gasteiger partial charge >= 0.3 is 0 Å². The van der Waals surface area contributed by atoms with Crippen molar-refractivity contribution in [2.45, 2.75) is 0 Å². The van der Waals surface area contributed by atoms with Crippen LogP contribution >= 0.6 is 0 Å². The molecule has 12 aromatic carbocycles. The van der Waals surface area contributed by atoms with Crippen LogP contribution in [-0.2, 0) is 0 Å². The summed E-state index contributed by atoms with van der Waals surface area (Å²) in [5, 5.41) is 8.16. The molecule has 0 amide bonds. The van der Waals surface area contributed by atoms with E-state index in [4.69, 9.17) is 0 Å². The lowest BCUT2D eigenvalue weighted by Crippen LogP contribution is -2.60. The molecular formula is C64H38B2N2. The molecule has 0 bridgehead atoms. The van der Waals surface area contributed by atoms with Gasteiger partial charge in [0.2, 0.25) is 13.4 Å². The third-order valence-corrected chi connectivity index (χ3v) is 15.7. The number of benzene rings is 12. The highest BCUT2D eigenvalue weighted by atomic mass is 15.2. The summed E-state index contributed by atoms with van der Waals surface area (Å²) in [4.78, 5) is 5.03. The summed E-state index contributed by atoms with van der Waals surface area (Å²) in [6, 6.07) is 86.9. The van der Waals surface area contributed by atoms with E-state index in [2.05, 4.69) is 240 Å². The van der Waals surface area contributed by atoms with Gasteiger partial charge in [-0.05, 0) is 159 Å². The SMILES string of the molecule is c1ccc(-c2cc3c4c(c2)N(c2ccccc2)c2ccccc2B4c2cc4ccc5c6c(cc7ccc-3c2c7c46)B2c3ccccc3N(c3ccccc3)c3cc(-c4ccccc4)cc-5c32)cc1. The average Bonchev–Trinajstić information content (AvgIpc) is 3.41. The van der Waals surface area contributed by atoms with Crippen LogP contribution in [0.15, 0.2) is 231 Å². The van der Waals surface area contributed by atoms with E-state index in [1.54, 1.807) is 0 Å². The molecule has 0 atom stereocenters. The van der Waals surface area contributed by atoms with Gasteiger partial charge in [-0.1, -0.05) is 181 Å². The fraction of sp³-hybridized carbons (Fsp3) is 0. The normalized spacial score (nSPS) is 13.5. The van der Waals surface area contributed by atoms with Gasteiger partial charge in [0, 0.05) is 34.1 Å². The van der Waals surface area contributed by atoms with Gasteiger partial charge in [0.1, 0.15) is 0 Å². The number of hydrogen-bond acceptors (Lipinski definition) is 2. The molecule has 0 unspecified atom stereocenters. The molecule has 310 valence electrons. The number of hydrogen-bond donors (Lipinski definition) is 0. The molecule has 4 aliphatic heterocycles. The molecule has 0 saturated carbocycles. The zero-order valence-electron chi connectivity index (χ0n) is 37.0. The average molecular weight is 857 g/mol. The number of para-hydroxylation sites is 4. The Labute approximate surface area is 395 Å². The largest absolute Gasteiger partial charge is 0.311 e. The van der Waals surface area contributed by atoms with Gasteiger partial charge in [-0.15, -0.1) is 0 Å². The molecular weight excluding hydrogens is 818 g/mol. The van der Waals surface area contributed by atoms with E-state index in [1.165, 1.54) is 144 Å². The second-order valence-corrected chi connectivity index (χ2v) is 19.1. The van der Waals surface area contributed by atoms with Gasteiger partial charge in [-0.2, -0.15) is 0 Å². The Morgan fingerprint density at radius 1 is 0.250 bits per heavy atom.